The first-order valence-corrected chi connectivity index (χ1v) is 7.49. The van der Waals surface area contributed by atoms with Gasteiger partial charge in [-0.05, 0) is 26.1 Å². The van der Waals surface area contributed by atoms with E-state index in [2.05, 4.69) is 10.1 Å². The molecule has 2 heterocycles. The Balaban J connectivity index is 2.64. The van der Waals surface area contributed by atoms with Gasteiger partial charge < -0.3 is 4.98 Å². The van der Waals surface area contributed by atoms with Crippen molar-refractivity contribution in [3.8, 4) is 0 Å². The van der Waals surface area contributed by atoms with Crippen molar-refractivity contribution in [1.29, 1.82) is 0 Å². The Kier molecular flexibility index (Phi) is 3.22. The predicted octanol–water partition coefficient (Wildman–Crippen LogP) is 1.68. The van der Waals surface area contributed by atoms with Crippen LogP contribution in [0, 0.1) is 11.7 Å². The number of imidazole rings is 1. The molecule has 1 N–H and O–H groups in total. The first kappa shape index (κ1) is 12.5. The number of hydrogen-bond acceptors (Lipinski definition) is 3. The topological polar surface area (TPSA) is 55.6 Å². The van der Waals surface area contributed by atoms with Crippen molar-refractivity contribution in [3.63, 3.8) is 0 Å². The highest BCUT2D eigenvalue weighted by molar-refractivity contribution is 7.84. The Morgan fingerprint density at radius 3 is 2.82 bits per heavy atom. The predicted molar refractivity (Wildman–Crippen MR) is 72.3 cm³/mol. The summed E-state index contributed by atoms with van der Waals surface area (Å²) >= 11 is 5.32. The number of nitrogens with zero attached hydrogens (tertiary/aromatic N) is 3. The minimum absolute atomic E-state index is 0.0943. The third-order valence-electron chi connectivity index (χ3n) is 2.79. The zero-order chi connectivity index (χ0) is 12.7. The Morgan fingerprint density at radius 2 is 2.24 bits per heavy atom. The van der Waals surface area contributed by atoms with Crippen LogP contribution in [0.25, 0.3) is 11.2 Å². The van der Waals surface area contributed by atoms with Crippen LogP contribution in [0.1, 0.15) is 18.7 Å². The standard InChI is InChI=1S/C10H16N4OS2/c1-6(5-17(4)15)14-9-8(11-10(14)16)7(2)12-13(9)3/h6H,5H2,1-4H3,(H,11,16). The molecule has 2 unspecified atom stereocenters. The van der Waals surface area contributed by atoms with Crippen LogP contribution in [0.3, 0.4) is 0 Å². The van der Waals surface area contributed by atoms with Crippen LogP contribution in [0.2, 0.25) is 0 Å². The van der Waals surface area contributed by atoms with Crippen LogP contribution in [0.4, 0.5) is 0 Å². The molecule has 17 heavy (non-hydrogen) atoms. The molecule has 0 radical (unpaired) electrons. The Labute approximate surface area is 107 Å². The first-order valence-electron chi connectivity index (χ1n) is 5.35. The lowest BCUT2D eigenvalue weighted by Gasteiger charge is -2.12. The Morgan fingerprint density at radius 1 is 1.59 bits per heavy atom. The summed E-state index contributed by atoms with van der Waals surface area (Å²) in [5, 5.41) is 4.36. The third-order valence-corrected chi connectivity index (χ3v) is 4.04. The number of nitrogens with one attached hydrogen (secondary N) is 1. The molecule has 7 heteroatoms. The monoisotopic (exact) mass is 272 g/mol. The highest BCUT2D eigenvalue weighted by atomic mass is 32.2. The van der Waals surface area contributed by atoms with Gasteiger partial charge in [0.25, 0.3) is 0 Å². The van der Waals surface area contributed by atoms with E-state index in [4.69, 9.17) is 12.2 Å². The summed E-state index contributed by atoms with van der Waals surface area (Å²) in [6.07, 6.45) is 1.71. The molecular weight excluding hydrogens is 256 g/mol. The number of rotatable bonds is 3. The largest absolute Gasteiger partial charge is 0.328 e. The van der Waals surface area contributed by atoms with Crippen molar-refractivity contribution in [2.75, 3.05) is 12.0 Å². The number of aromatic nitrogens is 4. The average Bonchev–Trinajstić information content (AvgIpc) is 2.65. The van der Waals surface area contributed by atoms with Gasteiger partial charge in [-0.15, -0.1) is 0 Å². The molecule has 0 amide bonds. The Hall–Kier alpha value is -0.950. The van der Waals surface area contributed by atoms with Crippen molar-refractivity contribution in [2.24, 2.45) is 7.05 Å². The fourth-order valence-electron chi connectivity index (χ4n) is 2.16. The van der Waals surface area contributed by atoms with Gasteiger partial charge in [-0.1, -0.05) is 0 Å². The van der Waals surface area contributed by atoms with Crippen molar-refractivity contribution in [3.05, 3.63) is 10.5 Å². The SMILES string of the molecule is Cc1nn(C)c2c1[nH]c(=S)n2C(C)CS(C)=O. The van der Waals surface area contributed by atoms with E-state index < -0.39 is 10.8 Å². The van der Waals surface area contributed by atoms with Gasteiger partial charge in [0.05, 0.1) is 5.69 Å². The van der Waals surface area contributed by atoms with Gasteiger partial charge in [-0.25, -0.2) is 0 Å². The maximum Gasteiger partial charge on any atom is 0.179 e. The number of H-pyrrole nitrogens is 1. The maximum absolute atomic E-state index is 11.3. The highest BCUT2D eigenvalue weighted by Crippen LogP contribution is 2.21. The van der Waals surface area contributed by atoms with Crippen molar-refractivity contribution < 1.29 is 4.21 Å². The normalized spacial score (nSPS) is 15.3. The van der Waals surface area contributed by atoms with Gasteiger partial charge in [-0.2, -0.15) is 5.10 Å². The average molecular weight is 272 g/mol. The van der Waals surface area contributed by atoms with E-state index in [9.17, 15) is 4.21 Å². The van der Waals surface area contributed by atoms with Crippen LogP contribution in [-0.2, 0) is 17.8 Å². The van der Waals surface area contributed by atoms with Gasteiger partial charge in [-0.3, -0.25) is 13.5 Å². The van der Waals surface area contributed by atoms with Gasteiger partial charge in [0.1, 0.15) is 5.52 Å². The molecule has 0 aliphatic heterocycles. The van der Waals surface area contributed by atoms with Crippen LogP contribution in [0.15, 0.2) is 0 Å². The summed E-state index contributed by atoms with van der Waals surface area (Å²) in [6.45, 7) is 3.97. The summed E-state index contributed by atoms with van der Waals surface area (Å²) in [6, 6.07) is 0.0943. The molecule has 0 spiro atoms. The van der Waals surface area contributed by atoms with Crippen LogP contribution < -0.4 is 0 Å². The number of hydrogen-bond donors (Lipinski definition) is 1. The van der Waals surface area contributed by atoms with Crippen LogP contribution >= 0.6 is 12.2 Å². The van der Waals surface area contributed by atoms with Gasteiger partial charge >= 0.3 is 0 Å². The summed E-state index contributed by atoms with van der Waals surface area (Å²) in [5.41, 5.74) is 2.86. The quantitative estimate of drug-likeness (QED) is 0.865. The molecule has 0 saturated heterocycles. The van der Waals surface area contributed by atoms with Gasteiger partial charge in [0.15, 0.2) is 10.4 Å². The van der Waals surface area contributed by atoms with E-state index in [1.807, 2.05) is 30.1 Å². The first-order chi connectivity index (χ1) is 7.91. The van der Waals surface area contributed by atoms with E-state index in [0.717, 1.165) is 16.9 Å². The lowest BCUT2D eigenvalue weighted by molar-refractivity contribution is 0.586. The zero-order valence-electron chi connectivity index (χ0n) is 10.4. The van der Waals surface area contributed by atoms with Crippen LogP contribution in [0.5, 0.6) is 0 Å². The second-order valence-corrected chi connectivity index (χ2v) is 6.16. The molecular formula is C10H16N4OS2. The number of aromatic amines is 1. The molecule has 5 nitrogen and oxygen atoms in total. The number of fused-ring (bicyclic) bond motifs is 1. The van der Waals surface area contributed by atoms with E-state index in [1.54, 1.807) is 6.26 Å². The zero-order valence-corrected chi connectivity index (χ0v) is 12.0. The summed E-state index contributed by atoms with van der Waals surface area (Å²) in [4.78, 5) is 3.17. The summed E-state index contributed by atoms with van der Waals surface area (Å²) < 4.78 is 15.8. The summed E-state index contributed by atoms with van der Waals surface area (Å²) in [5.74, 6) is 0.589. The lowest BCUT2D eigenvalue weighted by Crippen LogP contribution is -2.14. The third kappa shape index (κ3) is 2.09. The van der Waals surface area contributed by atoms with E-state index in [1.165, 1.54) is 0 Å². The lowest BCUT2D eigenvalue weighted by atomic mass is 10.4. The van der Waals surface area contributed by atoms with Crippen molar-refractivity contribution in [1.82, 2.24) is 19.3 Å². The van der Waals surface area contributed by atoms with Gasteiger partial charge in [0, 0.05) is 35.9 Å². The summed E-state index contributed by atoms with van der Waals surface area (Å²) in [7, 11) is 1.05. The fourth-order valence-corrected chi connectivity index (χ4v) is 3.35. The molecule has 2 rings (SSSR count). The molecule has 2 aromatic heterocycles. The van der Waals surface area contributed by atoms with Crippen LogP contribution in [-0.4, -0.2) is 35.5 Å². The molecule has 2 atom stereocenters. The molecule has 0 fully saturated rings. The Bertz CT molecular complexity index is 637. The van der Waals surface area contributed by atoms with Crippen molar-refractivity contribution in [2.45, 2.75) is 19.9 Å². The van der Waals surface area contributed by atoms with E-state index in [-0.39, 0.29) is 6.04 Å². The second-order valence-electron chi connectivity index (χ2n) is 4.30. The molecule has 0 saturated carbocycles. The fraction of sp³-hybridized carbons (Fsp3) is 0.600. The minimum atomic E-state index is -0.842. The molecule has 0 aromatic carbocycles. The van der Waals surface area contributed by atoms with Gasteiger partial charge in [0.2, 0.25) is 0 Å². The highest BCUT2D eigenvalue weighted by Gasteiger charge is 2.17. The maximum atomic E-state index is 11.3. The number of aryl methyl sites for hydroxylation is 2. The molecule has 0 aliphatic rings. The molecule has 0 bridgehead atoms. The molecule has 2 aromatic rings. The molecule has 0 aliphatic carbocycles. The van der Waals surface area contributed by atoms with Crippen molar-refractivity contribution >= 4 is 34.2 Å². The minimum Gasteiger partial charge on any atom is -0.328 e. The smallest absolute Gasteiger partial charge is 0.179 e. The second kappa shape index (κ2) is 4.38. The van der Waals surface area contributed by atoms with E-state index >= 15 is 0 Å². The van der Waals surface area contributed by atoms with E-state index in [0.29, 0.717) is 10.5 Å². The molecule has 94 valence electrons.